The third kappa shape index (κ3) is 3.88. The van der Waals surface area contributed by atoms with Gasteiger partial charge in [0.2, 0.25) is 5.89 Å². The summed E-state index contributed by atoms with van der Waals surface area (Å²) in [6.07, 6.45) is 3.81. The Morgan fingerprint density at radius 2 is 1.81 bits per heavy atom. The van der Waals surface area contributed by atoms with E-state index in [4.69, 9.17) is 14.4 Å². The number of pyridine rings is 1. The lowest BCUT2D eigenvalue weighted by Gasteiger charge is -2.24. The van der Waals surface area contributed by atoms with Crippen LogP contribution in [0, 0.1) is 6.92 Å². The largest absolute Gasteiger partial charge is 0.442 e. The molecular formula is C26H27N5O. The van der Waals surface area contributed by atoms with Crippen molar-refractivity contribution >= 4 is 5.82 Å². The second kappa shape index (κ2) is 8.54. The summed E-state index contributed by atoms with van der Waals surface area (Å²) < 4.78 is 6.40. The van der Waals surface area contributed by atoms with Crippen LogP contribution in [0.2, 0.25) is 0 Å². The number of nitrogens with zero attached hydrogens (tertiary/aromatic N) is 5. The number of benzene rings is 1. The lowest BCUT2D eigenvalue weighted by atomic mass is 10.0. The molecule has 32 heavy (non-hydrogen) atoms. The van der Waals surface area contributed by atoms with Gasteiger partial charge in [-0.2, -0.15) is 0 Å². The molecule has 162 valence electrons. The first-order valence-corrected chi connectivity index (χ1v) is 11.2. The summed E-state index contributed by atoms with van der Waals surface area (Å²) in [5, 5.41) is 0. The Hall–Kier alpha value is -3.54. The number of hydrogen-bond donors (Lipinski definition) is 0. The number of anilines is 1. The third-order valence-corrected chi connectivity index (χ3v) is 5.81. The summed E-state index contributed by atoms with van der Waals surface area (Å²) in [5.41, 5.74) is 3.72. The van der Waals surface area contributed by atoms with E-state index < -0.39 is 0 Å². The quantitative estimate of drug-likeness (QED) is 0.393. The highest BCUT2D eigenvalue weighted by atomic mass is 16.4. The van der Waals surface area contributed by atoms with Gasteiger partial charge in [0.05, 0.1) is 0 Å². The number of rotatable bonds is 5. The molecule has 4 aromatic rings. The molecule has 0 saturated carbocycles. The highest BCUT2D eigenvalue weighted by Crippen LogP contribution is 2.39. The van der Waals surface area contributed by atoms with Gasteiger partial charge >= 0.3 is 0 Å². The standard InChI is InChI=1S/C26H27N5O/c1-17(2)24-23(19-10-5-4-6-11-19)30-26(32-24)21-13-9-15-31(21)22-16-18(3)28-25(29-22)20-12-7-8-14-27-20/h4-8,10-12,14,16-17,21H,9,13,15H2,1-3H3. The van der Waals surface area contributed by atoms with Crippen molar-refractivity contribution in [2.45, 2.75) is 45.6 Å². The number of oxazole rings is 1. The highest BCUT2D eigenvalue weighted by Gasteiger charge is 2.33. The smallest absolute Gasteiger partial charge is 0.217 e. The number of aromatic nitrogens is 4. The zero-order chi connectivity index (χ0) is 22.1. The van der Waals surface area contributed by atoms with Crippen LogP contribution >= 0.6 is 0 Å². The summed E-state index contributed by atoms with van der Waals surface area (Å²) >= 11 is 0. The molecule has 6 heteroatoms. The molecule has 0 N–H and O–H groups in total. The Balaban J connectivity index is 1.53. The fraction of sp³-hybridized carbons (Fsp3) is 0.308. The normalized spacial score (nSPS) is 16.1. The summed E-state index contributed by atoms with van der Waals surface area (Å²) in [4.78, 5) is 21.2. The second-order valence-corrected chi connectivity index (χ2v) is 8.54. The Bertz CT molecular complexity index is 1200. The van der Waals surface area contributed by atoms with E-state index >= 15 is 0 Å². The summed E-state index contributed by atoms with van der Waals surface area (Å²) in [6, 6.07) is 18.2. The first kappa shape index (κ1) is 20.4. The molecule has 1 aromatic carbocycles. The summed E-state index contributed by atoms with van der Waals surface area (Å²) in [5.74, 6) is 3.49. The van der Waals surface area contributed by atoms with Gasteiger partial charge in [-0.1, -0.05) is 50.2 Å². The van der Waals surface area contributed by atoms with Crippen molar-refractivity contribution in [2.24, 2.45) is 0 Å². The Kier molecular flexibility index (Phi) is 5.43. The molecule has 3 aromatic heterocycles. The van der Waals surface area contributed by atoms with Crippen LogP contribution in [0.4, 0.5) is 5.82 Å². The average molecular weight is 426 g/mol. The molecular weight excluding hydrogens is 398 g/mol. The molecule has 0 amide bonds. The predicted octanol–water partition coefficient (Wildman–Crippen LogP) is 5.97. The minimum atomic E-state index is 0.0517. The van der Waals surface area contributed by atoms with Crippen molar-refractivity contribution in [2.75, 3.05) is 11.4 Å². The van der Waals surface area contributed by atoms with Crippen LogP contribution in [0.15, 0.2) is 65.2 Å². The molecule has 6 nitrogen and oxygen atoms in total. The molecule has 0 spiro atoms. The molecule has 0 aliphatic carbocycles. The van der Waals surface area contributed by atoms with Crippen molar-refractivity contribution < 1.29 is 4.42 Å². The molecule has 0 radical (unpaired) electrons. The highest BCUT2D eigenvalue weighted by molar-refractivity contribution is 5.62. The fourth-order valence-corrected chi connectivity index (χ4v) is 4.29. The van der Waals surface area contributed by atoms with Gasteiger partial charge in [0.25, 0.3) is 0 Å². The Morgan fingerprint density at radius 1 is 1.00 bits per heavy atom. The zero-order valence-electron chi connectivity index (χ0n) is 18.7. The number of hydrogen-bond acceptors (Lipinski definition) is 6. The van der Waals surface area contributed by atoms with Crippen molar-refractivity contribution in [3.63, 3.8) is 0 Å². The van der Waals surface area contributed by atoms with Gasteiger partial charge in [0, 0.05) is 36.0 Å². The SMILES string of the molecule is Cc1cc(N2CCCC2c2nc(-c3ccccc3)c(C(C)C)o2)nc(-c2ccccn2)n1. The van der Waals surface area contributed by atoms with Crippen LogP contribution in [0.1, 0.15) is 56.0 Å². The van der Waals surface area contributed by atoms with Gasteiger partial charge in [0.1, 0.15) is 29.0 Å². The average Bonchev–Trinajstić information content (AvgIpc) is 3.47. The minimum Gasteiger partial charge on any atom is -0.442 e. The molecule has 4 heterocycles. The maximum absolute atomic E-state index is 6.40. The molecule has 0 bridgehead atoms. The molecule has 1 aliphatic heterocycles. The third-order valence-electron chi connectivity index (χ3n) is 5.81. The van der Waals surface area contributed by atoms with Crippen LogP contribution in [-0.4, -0.2) is 26.5 Å². The fourth-order valence-electron chi connectivity index (χ4n) is 4.29. The Labute approximate surface area is 188 Å². The van der Waals surface area contributed by atoms with Gasteiger partial charge in [-0.15, -0.1) is 0 Å². The van der Waals surface area contributed by atoms with E-state index in [1.807, 2.05) is 49.4 Å². The van der Waals surface area contributed by atoms with Gasteiger partial charge in [-0.05, 0) is 31.9 Å². The first-order chi connectivity index (χ1) is 15.6. The van der Waals surface area contributed by atoms with Crippen molar-refractivity contribution in [1.82, 2.24) is 19.9 Å². The van der Waals surface area contributed by atoms with E-state index in [2.05, 4.69) is 40.8 Å². The van der Waals surface area contributed by atoms with E-state index in [1.165, 1.54) is 0 Å². The van der Waals surface area contributed by atoms with Crippen LogP contribution in [0.25, 0.3) is 22.8 Å². The topological polar surface area (TPSA) is 67.9 Å². The van der Waals surface area contributed by atoms with Gasteiger partial charge < -0.3 is 9.32 Å². The molecule has 1 unspecified atom stereocenters. The van der Waals surface area contributed by atoms with Crippen molar-refractivity contribution in [1.29, 1.82) is 0 Å². The molecule has 1 saturated heterocycles. The Morgan fingerprint density at radius 3 is 2.56 bits per heavy atom. The van der Waals surface area contributed by atoms with Gasteiger partial charge in [0.15, 0.2) is 5.82 Å². The zero-order valence-corrected chi connectivity index (χ0v) is 18.7. The molecule has 1 atom stereocenters. The molecule has 1 fully saturated rings. The van der Waals surface area contributed by atoms with Crippen LogP contribution < -0.4 is 4.90 Å². The van der Waals surface area contributed by atoms with Crippen molar-refractivity contribution in [3.05, 3.63) is 78.1 Å². The minimum absolute atomic E-state index is 0.0517. The van der Waals surface area contributed by atoms with Crippen LogP contribution in [0.5, 0.6) is 0 Å². The van der Waals surface area contributed by atoms with E-state index in [0.29, 0.717) is 5.82 Å². The second-order valence-electron chi connectivity index (χ2n) is 8.54. The molecule has 1 aliphatic rings. The summed E-state index contributed by atoms with van der Waals surface area (Å²) in [7, 11) is 0. The monoisotopic (exact) mass is 425 g/mol. The molecule has 5 rings (SSSR count). The van der Waals surface area contributed by atoms with Crippen LogP contribution in [-0.2, 0) is 0 Å². The van der Waals surface area contributed by atoms with Crippen molar-refractivity contribution in [3.8, 4) is 22.8 Å². The summed E-state index contributed by atoms with van der Waals surface area (Å²) in [6.45, 7) is 7.20. The van der Waals surface area contributed by atoms with E-state index in [9.17, 15) is 0 Å². The van der Waals surface area contributed by atoms with Gasteiger partial charge in [-0.3, -0.25) is 4.98 Å². The lowest BCUT2D eigenvalue weighted by molar-refractivity contribution is 0.408. The lowest BCUT2D eigenvalue weighted by Crippen LogP contribution is -2.24. The van der Waals surface area contributed by atoms with E-state index in [1.54, 1.807) is 6.20 Å². The predicted molar refractivity (Wildman–Crippen MR) is 125 cm³/mol. The maximum atomic E-state index is 6.40. The first-order valence-electron chi connectivity index (χ1n) is 11.2. The number of aryl methyl sites for hydroxylation is 1. The van der Waals surface area contributed by atoms with E-state index in [0.717, 1.165) is 59.5 Å². The van der Waals surface area contributed by atoms with Crippen LogP contribution in [0.3, 0.4) is 0 Å². The van der Waals surface area contributed by atoms with E-state index in [-0.39, 0.29) is 12.0 Å². The van der Waals surface area contributed by atoms with Gasteiger partial charge in [-0.25, -0.2) is 15.0 Å². The maximum Gasteiger partial charge on any atom is 0.217 e.